The fourth-order valence-corrected chi connectivity index (χ4v) is 4.92. The van der Waals surface area contributed by atoms with E-state index in [4.69, 9.17) is 4.98 Å². The van der Waals surface area contributed by atoms with Crippen molar-refractivity contribution in [1.29, 1.82) is 0 Å². The van der Waals surface area contributed by atoms with Crippen LogP contribution in [-0.2, 0) is 11.8 Å². The number of thiazole rings is 1. The molecule has 0 aromatic carbocycles. The van der Waals surface area contributed by atoms with Gasteiger partial charge in [0.05, 0.1) is 10.7 Å². The lowest BCUT2D eigenvalue weighted by molar-refractivity contribution is 0.427. The first-order valence-corrected chi connectivity index (χ1v) is 8.51. The number of nitrogens with zero attached hydrogens (tertiary/aromatic N) is 1. The Hall–Kier alpha value is -0.410. The predicted octanol–water partition coefficient (Wildman–Crippen LogP) is 3.62. The Kier molecular flexibility index (Phi) is 3.46. The topological polar surface area (TPSA) is 24.9 Å². The third-order valence-electron chi connectivity index (χ3n) is 5.02. The van der Waals surface area contributed by atoms with Gasteiger partial charge in [0.25, 0.3) is 0 Å². The summed E-state index contributed by atoms with van der Waals surface area (Å²) in [6, 6.07) is 0.647. The van der Waals surface area contributed by atoms with Gasteiger partial charge in [-0.05, 0) is 37.6 Å². The van der Waals surface area contributed by atoms with Crippen LogP contribution in [0.25, 0.3) is 0 Å². The highest BCUT2D eigenvalue weighted by Crippen LogP contribution is 2.59. The number of likely N-dealkylation sites (N-methyl/N-ethyl adjacent to an activating group) is 1. The van der Waals surface area contributed by atoms with Crippen LogP contribution in [0, 0.1) is 17.8 Å². The van der Waals surface area contributed by atoms with Gasteiger partial charge in [0.1, 0.15) is 0 Å². The summed E-state index contributed by atoms with van der Waals surface area (Å²) in [6.07, 6.45) is 5.53. The summed E-state index contributed by atoms with van der Waals surface area (Å²) in [5, 5.41) is 7.12. The number of aromatic nitrogens is 1. The van der Waals surface area contributed by atoms with E-state index in [0.29, 0.717) is 6.04 Å². The predicted molar refractivity (Wildman–Crippen MR) is 81.7 cm³/mol. The summed E-state index contributed by atoms with van der Waals surface area (Å²) in [6.45, 7) is 6.73. The van der Waals surface area contributed by atoms with Crippen molar-refractivity contribution in [2.45, 2.75) is 57.9 Å². The molecule has 0 bridgehead atoms. The molecule has 3 atom stereocenters. The molecule has 1 N–H and O–H groups in total. The normalized spacial score (nSPS) is 31.3. The minimum atomic E-state index is 0.181. The average molecular weight is 278 g/mol. The van der Waals surface area contributed by atoms with E-state index in [1.807, 2.05) is 11.3 Å². The van der Waals surface area contributed by atoms with Crippen molar-refractivity contribution < 1.29 is 0 Å². The fraction of sp³-hybridized carbons (Fsp3) is 0.812. The molecule has 1 heterocycles. The highest BCUT2D eigenvalue weighted by atomic mass is 32.1. The van der Waals surface area contributed by atoms with Crippen molar-refractivity contribution in [3.05, 3.63) is 16.1 Å². The van der Waals surface area contributed by atoms with Crippen LogP contribution in [0.3, 0.4) is 0 Å². The second kappa shape index (κ2) is 4.85. The zero-order valence-corrected chi connectivity index (χ0v) is 13.4. The Morgan fingerprint density at radius 1 is 1.37 bits per heavy atom. The molecule has 3 heteroatoms. The fourth-order valence-electron chi connectivity index (χ4n) is 3.84. The number of fused-ring (bicyclic) bond motifs is 1. The van der Waals surface area contributed by atoms with Gasteiger partial charge < -0.3 is 5.32 Å². The summed E-state index contributed by atoms with van der Waals surface area (Å²) in [7, 11) is 2.12. The largest absolute Gasteiger partial charge is 0.316 e. The summed E-state index contributed by atoms with van der Waals surface area (Å²) < 4.78 is 0. The molecule has 2 aliphatic rings. The van der Waals surface area contributed by atoms with Gasteiger partial charge in [-0.1, -0.05) is 27.2 Å². The van der Waals surface area contributed by atoms with E-state index in [2.05, 4.69) is 38.5 Å². The molecule has 2 nitrogen and oxygen atoms in total. The average Bonchev–Trinajstić information content (AvgIpc) is 2.76. The second-order valence-electron chi connectivity index (χ2n) is 7.31. The van der Waals surface area contributed by atoms with Gasteiger partial charge in [0.15, 0.2) is 0 Å². The summed E-state index contributed by atoms with van der Waals surface area (Å²) in [5.74, 6) is 2.99. The number of nitrogens with one attached hydrogen (secondary N) is 1. The molecule has 1 aromatic heterocycles. The Labute approximate surface area is 121 Å². The molecule has 106 valence electrons. The zero-order valence-electron chi connectivity index (χ0n) is 12.6. The van der Waals surface area contributed by atoms with Crippen LogP contribution in [0.2, 0.25) is 0 Å². The highest BCUT2D eigenvalue weighted by Gasteiger charge is 2.55. The van der Waals surface area contributed by atoms with Gasteiger partial charge in [0.2, 0.25) is 0 Å². The van der Waals surface area contributed by atoms with Crippen molar-refractivity contribution in [2.24, 2.45) is 17.8 Å². The number of hydrogen-bond donors (Lipinski definition) is 1. The maximum atomic E-state index is 4.85. The van der Waals surface area contributed by atoms with Gasteiger partial charge in [-0.25, -0.2) is 4.98 Å². The van der Waals surface area contributed by atoms with Crippen molar-refractivity contribution in [2.75, 3.05) is 7.05 Å². The van der Waals surface area contributed by atoms with E-state index < -0.39 is 0 Å². The Morgan fingerprint density at radius 3 is 2.58 bits per heavy atom. The molecular formula is C16H26N2S. The number of rotatable bonds is 4. The Morgan fingerprint density at radius 2 is 2.05 bits per heavy atom. The Balaban J connectivity index is 1.65. The first-order valence-electron chi connectivity index (χ1n) is 7.63. The molecule has 0 radical (unpaired) electrons. The SMILES string of the molecule is CNC(Cc1nc(C(C)(C)C)cs1)C1C2CCCC21. The van der Waals surface area contributed by atoms with Crippen LogP contribution < -0.4 is 5.32 Å². The van der Waals surface area contributed by atoms with Crippen LogP contribution in [-0.4, -0.2) is 18.1 Å². The minimum Gasteiger partial charge on any atom is -0.316 e. The molecule has 3 rings (SSSR count). The van der Waals surface area contributed by atoms with Gasteiger partial charge in [0, 0.05) is 23.3 Å². The van der Waals surface area contributed by atoms with E-state index >= 15 is 0 Å². The first-order chi connectivity index (χ1) is 9.00. The zero-order chi connectivity index (χ0) is 13.6. The molecule has 0 saturated heterocycles. The lowest BCUT2D eigenvalue weighted by atomic mass is 9.93. The quantitative estimate of drug-likeness (QED) is 0.910. The van der Waals surface area contributed by atoms with Crippen LogP contribution >= 0.6 is 11.3 Å². The molecular weight excluding hydrogens is 252 g/mol. The molecule has 2 fully saturated rings. The lowest BCUT2D eigenvalue weighted by Gasteiger charge is -2.17. The molecule has 2 saturated carbocycles. The van der Waals surface area contributed by atoms with E-state index in [1.54, 1.807) is 0 Å². The van der Waals surface area contributed by atoms with Crippen LogP contribution in [0.4, 0.5) is 0 Å². The van der Waals surface area contributed by atoms with Crippen molar-refractivity contribution in [1.82, 2.24) is 10.3 Å². The summed E-state index contributed by atoms with van der Waals surface area (Å²) in [4.78, 5) is 4.85. The summed E-state index contributed by atoms with van der Waals surface area (Å²) >= 11 is 1.84. The van der Waals surface area contributed by atoms with Crippen LogP contribution in [0.5, 0.6) is 0 Å². The van der Waals surface area contributed by atoms with Crippen LogP contribution in [0.15, 0.2) is 5.38 Å². The first kappa shape index (κ1) is 13.6. The van der Waals surface area contributed by atoms with Gasteiger partial charge in [-0.15, -0.1) is 11.3 Å². The third-order valence-corrected chi connectivity index (χ3v) is 5.89. The summed E-state index contributed by atoms with van der Waals surface area (Å²) in [5.41, 5.74) is 1.43. The highest BCUT2D eigenvalue weighted by molar-refractivity contribution is 7.09. The molecule has 0 aliphatic heterocycles. The smallest absolute Gasteiger partial charge is 0.0944 e. The Bertz CT molecular complexity index is 436. The molecule has 0 amide bonds. The molecule has 19 heavy (non-hydrogen) atoms. The van der Waals surface area contributed by atoms with E-state index in [9.17, 15) is 0 Å². The molecule has 1 aromatic rings. The standard InChI is InChI=1S/C16H26N2S/c1-16(2,3)13-9-19-14(18-13)8-12(17-4)15-10-6-5-7-11(10)15/h9-12,15,17H,5-8H2,1-4H3. The molecule has 2 aliphatic carbocycles. The van der Waals surface area contributed by atoms with Crippen molar-refractivity contribution in [3.8, 4) is 0 Å². The second-order valence-corrected chi connectivity index (χ2v) is 8.25. The maximum absolute atomic E-state index is 4.85. The monoisotopic (exact) mass is 278 g/mol. The van der Waals surface area contributed by atoms with Crippen molar-refractivity contribution in [3.63, 3.8) is 0 Å². The van der Waals surface area contributed by atoms with Crippen LogP contribution in [0.1, 0.15) is 50.7 Å². The van der Waals surface area contributed by atoms with Gasteiger partial charge in [-0.2, -0.15) is 0 Å². The minimum absolute atomic E-state index is 0.181. The van der Waals surface area contributed by atoms with Crippen molar-refractivity contribution >= 4 is 11.3 Å². The van der Waals surface area contributed by atoms with E-state index in [0.717, 1.165) is 24.2 Å². The van der Waals surface area contributed by atoms with E-state index in [1.165, 1.54) is 30.0 Å². The van der Waals surface area contributed by atoms with E-state index in [-0.39, 0.29) is 5.41 Å². The van der Waals surface area contributed by atoms with Gasteiger partial charge in [-0.3, -0.25) is 0 Å². The van der Waals surface area contributed by atoms with Gasteiger partial charge >= 0.3 is 0 Å². The maximum Gasteiger partial charge on any atom is 0.0944 e. The third kappa shape index (κ3) is 2.59. The molecule has 3 unspecified atom stereocenters. The number of hydrogen-bond acceptors (Lipinski definition) is 3. The molecule has 0 spiro atoms. The lowest BCUT2D eigenvalue weighted by Crippen LogP contribution is -2.31.